The molecule has 0 unspecified atom stereocenters. The number of carbonyl (C=O) groups excluding carboxylic acids is 1. The summed E-state index contributed by atoms with van der Waals surface area (Å²) < 4.78 is 0. The van der Waals surface area contributed by atoms with Crippen LogP contribution in [0, 0.1) is 5.92 Å². The van der Waals surface area contributed by atoms with Gasteiger partial charge in [-0.25, -0.2) is 4.98 Å². The molecule has 1 N–H and O–H groups in total. The second-order valence-electron chi connectivity index (χ2n) is 5.42. The van der Waals surface area contributed by atoms with E-state index in [-0.39, 0.29) is 11.8 Å². The quantitative estimate of drug-likeness (QED) is 0.941. The highest BCUT2D eigenvalue weighted by Gasteiger charge is 2.20. The molecule has 2 heterocycles. The minimum Gasteiger partial charge on any atom is -0.349 e. The molecule has 0 spiro atoms. The summed E-state index contributed by atoms with van der Waals surface area (Å²) >= 11 is 1.58. The van der Waals surface area contributed by atoms with E-state index in [2.05, 4.69) is 15.3 Å². The summed E-state index contributed by atoms with van der Waals surface area (Å²) in [6.07, 6.45) is 9.25. The van der Waals surface area contributed by atoms with E-state index in [0.717, 1.165) is 29.1 Å². The zero-order valence-corrected chi connectivity index (χ0v) is 12.7. The van der Waals surface area contributed by atoms with Crippen LogP contribution in [0.2, 0.25) is 0 Å². The number of amides is 1. The second kappa shape index (κ2) is 6.80. The fourth-order valence-corrected chi connectivity index (χ4v) is 3.45. The molecule has 0 saturated heterocycles. The number of rotatable bonds is 4. The third kappa shape index (κ3) is 3.67. The Labute approximate surface area is 128 Å². The number of aromatic nitrogens is 2. The number of hydrogen-bond donors (Lipinski definition) is 1. The molecule has 2 aromatic rings. The summed E-state index contributed by atoms with van der Waals surface area (Å²) in [5, 5.41) is 5.98. The first kappa shape index (κ1) is 14.2. The van der Waals surface area contributed by atoms with E-state index in [1.54, 1.807) is 23.7 Å². The summed E-state index contributed by atoms with van der Waals surface area (Å²) in [5.41, 5.74) is 1.94. The fourth-order valence-electron chi connectivity index (χ4n) is 2.71. The fraction of sp³-hybridized carbons (Fsp3) is 0.438. The van der Waals surface area contributed by atoms with Gasteiger partial charge >= 0.3 is 0 Å². The van der Waals surface area contributed by atoms with Crippen molar-refractivity contribution in [2.75, 3.05) is 0 Å². The number of nitrogens with one attached hydrogen (secondary N) is 1. The maximum Gasteiger partial charge on any atom is 0.223 e. The first-order valence-electron chi connectivity index (χ1n) is 7.45. The van der Waals surface area contributed by atoms with Gasteiger partial charge in [-0.15, -0.1) is 11.3 Å². The predicted molar refractivity (Wildman–Crippen MR) is 83.8 cm³/mol. The van der Waals surface area contributed by atoms with Gasteiger partial charge in [-0.1, -0.05) is 19.3 Å². The lowest BCUT2D eigenvalue weighted by molar-refractivity contribution is -0.126. The van der Waals surface area contributed by atoms with Gasteiger partial charge in [0.05, 0.1) is 12.2 Å². The van der Waals surface area contributed by atoms with E-state index >= 15 is 0 Å². The van der Waals surface area contributed by atoms with Crippen LogP contribution in [0.4, 0.5) is 0 Å². The Morgan fingerprint density at radius 2 is 2.19 bits per heavy atom. The lowest BCUT2D eigenvalue weighted by Gasteiger charge is -2.20. The van der Waals surface area contributed by atoms with Crippen LogP contribution in [0.5, 0.6) is 0 Å². The molecule has 110 valence electrons. The van der Waals surface area contributed by atoms with E-state index in [4.69, 9.17) is 0 Å². The molecular formula is C16H19N3OS. The maximum absolute atomic E-state index is 12.1. The highest BCUT2D eigenvalue weighted by atomic mass is 32.1. The molecule has 1 aliphatic rings. The Kier molecular flexibility index (Phi) is 4.60. The lowest BCUT2D eigenvalue weighted by Crippen LogP contribution is -2.31. The topological polar surface area (TPSA) is 54.9 Å². The number of hydrogen-bond acceptors (Lipinski definition) is 4. The van der Waals surface area contributed by atoms with Crippen LogP contribution in [0.1, 0.15) is 37.1 Å². The van der Waals surface area contributed by atoms with Gasteiger partial charge < -0.3 is 5.32 Å². The highest BCUT2D eigenvalue weighted by molar-refractivity contribution is 7.09. The Hall–Kier alpha value is -1.75. The van der Waals surface area contributed by atoms with Gasteiger partial charge in [0.2, 0.25) is 5.91 Å². The normalized spacial score (nSPS) is 15.8. The van der Waals surface area contributed by atoms with Crippen molar-refractivity contribution in [2.24, 2.45) is 5.92 Å². The number of pyridine rings is 1. The average molecular weight is 301 g/mol. The molecular weight excluding hydrogens is 282 g/mol. The molecule has 0 radical (unpaired) electrons. The van der Waals surface area contributed by atoms with E-state index < -0.39 is 0 Å². The lowest BCUT2D eigenvalue weighted by atomic mass is 9.89. The summed E-state index contributed by atoms with van der Waals surface area (Å²) in [5.74, 6) is 0.393. The van der Waals surface area contributed by atoms with Crippen molar-refractivity contribution in [3.8, 4) is 11.3 Å². The van der Waals surface area contributed by atoms with Crippen molar-refractivity contribution in [1.29, 1.82) is 0 Å². The molecule has 0 bridgehead atoms. The molecule has 0 atom stereocenters. The van der Waals surface area contributed by atoms with Crippen LogP contribution in [-0.2, 0) is 11.3 Å². The second-order valence-corrected chi connectivity index (χ2v) is 6.36. The Balaban J connectivity index is 1.56. The van der Waals surface area contributed by atoms with Crippen molar-refractivity contribution in [3.63, 3.8) is 0 Å². The highest BCUT2D eigenvalue weighted by Crippen LogP contribution is 2.24. The van der Waals surface area contributed by atoms with E-state index in [0.29, 0.717) is 6.54 Å². The third-order valence-corrected chi connectivity index (χ3v) is 4.75. The molecule has 0 aromatic carbocycles. The van der Waals surface area contributed by atoms with Gasteiger partial charge in [-0.2, -0.15) is 0 Å². The van der Waals surface area contributed by atoms with Crippen LogP contribution < -0.4 is 5.32 Å². The number of nitrogens with zero attached hydrogens (tertiary/aromatic N) is 2. The van der Waals surface area contributed by atoms with Gasteiger partial charge in [0.1, 0.15) is 5.01 Å². The SMILES string of the molecule is O=C(NCc1nc(-c2cccnc2)cs1)C1CCCCC1. The number of thiazole rings is 1. The van der Waals surface area contributed by atoms with Gasteiger partial charge in [0.25, 0.3) is 0 Å². The van der Waals surface area contributed by atoms with Gasteiger partial charge in [0, 0.05) is 29.3 Å². The van der Waals surface area contributed by atoms with Crippen LogP contribution in [0.25, 0.3) is 11.3 Å². The van der Waals surface area contributed by atoms with Crippen LogP contribution in [0.15, 0.2) is 29.9 Å². The van der Waals surface area contributed by atoms with Crippen molar-refractivity contribution < 1.29 is 4.79 Å². The van der Waals surface area contributed by atoms with E-state index in [1.165, 1.54) is 19.3 Å². The van der Waals surface area contributed by atoms with Crippen LogP contribution in [-0.4, -0.2) is 15.9 Å². The Bertz CT molecular complexity index is 591. The van der Waals surface area contributed by atoms with E-state index in [9.17, 15) is 4.79 Å². The minimum absolute atomic E-state index is 0.188. The monoisotopic (exact) mass is 301 g/mol. The first-order chi connectivity index (χ1) is 10.3. The van der Waals surface area contributed by atoms with Crippen molar-refractivity contribution in [1.82, 2.24) is 15.3 Å². The average Bonchev–Trinajstić information content (AvgIpc) is 3.03. The zero-order chi connectivity index (χ0) is 14.5. The molecule has 4 nitrogen and oxygen atoms in total. The molecule has 1 saturated carbocycles. The first-order valence-corrected chi connectivity index (χ1v) is 8.33. The molecule has 1 fully saturated rings. The Morgan fingerprint density at radius 1 is 1.33 bits per heavy atom. The smallest absolute Gasteiger partial charge is 0.223 e. The Morgan fingerprint density at radius 3 is 2.95 bits per heavy atom. The van der Waals surface area contributed by atoms with Crippen molar-refractivity contribution >= 4 is 17.2 Å². The summed E-state index contributed by atoms with van der Waals surface area (Å²) in [6, 6.07) is 3.89. The summed E-state index contributed by atoms with van der Waals surface area (Å²) in [4.78, 5) is 20.8. The number of carbonyl (C=O) groups is 1. The molecule has 3 rings (SSSR count). The molecule has 1 aliphatic carbocycles. The van der Waals surface area contributed by atoms with Crippen LogP contribution in [0.3, 0.4) is 0 Å². The van der Waals surface area contributed by atoms with Gasteiger partial charge in [-0.3, -0.25) is 9.78 Å². The van der Waals surface area contributed by atoms with Gasteiger partial charge in [-0.05, 0) is 25.0 Å². The molecule has 0 aliphatic heterocycles. The van der Waals surface area contributed by atoms with Gasteiger partial charge in [0.15, 0.2) is 0 Å². The molecule has 21 heavy (non-hydrogen) atoms. The molecule has 5 heteroatoms. The predicted octanol–water partition coefficient (Wildman–Crippen LogP) is 3.40. The maximum atomic E-state index is 12.1. The summed E-state index contributed by atoms with van der Waals surface area (Å²) in [6.45, 7) is 0.528. The van der Waals surface area contributed by atoms with Crippen molar-refractivity contribution in [3.05, 3.63) is 34.9 Å². The van der Waals surface area contributed by atoms with E-state index in [1.807, 2.05) is 17.5 Å². The minimum atomic E-state index is 0.188. The molecule has 2 aromatic heterocycles. The van der Waals surface area contributed by atoms with Crippen LogP contribution >= 0.6 is 11.3 Å². The van der Waals surface area contributed by atoms with Crippen molar-refractivity contribution in [2.45, 2.75) is 38.6 Å². The standard InChI is InChI=1S/C16H19N3OS/c20-16(12-5-2-1-3-6-12)18-10-15-19-14(11-21-15)13-7-4-8-17-9-13/h4,7-9,11-12H,1-3,5-6,10H2,(H,18,20). The zero-order valence-electron chi connectivity index (χ0n) is 11.9. The summed E-state index contributed by atoms with van der Waals surface area (Å²) in [7, 11) is 0. The largest absolute Gasteiger partial charge is 0.349 e. The molecule has 1 amide bonds. The third-order valence-electron chi connectivity index (χ3n) is 3.90.